The standard InChI is InChI=1S/C28H28FN5O3/c1-4-7-18-14-19-10-11-34(28(36)24(19)22(29)15-18)21-9-6-8-20(16-21)25-26(27(30)32-17-31-25)37-13-12-33(3)23(35)5-2/h5-6,8-11,14-17H,2,4,7,12-13H2,1,3H3,(H2,30,31,32). The van der Waals surface area contributed by atoms with Gasteiger partial charge in [0.15, 0.2) is 11.6 Å². The number of rotatable bonds is 9. The van der Waals surface area contributed by atoms with Crippen molar-refractivity contribution < 1.29 is 13.9 Å². The molecule has 0 aliphatic rings. The number of nitrogen functional groups attached to an aromatic ring is 1. The van der Waals surface area contributed by atoms with Gasteiger partial charge in [0.1, 0.15) is 24.4 Å². The summed E-state index contributed by atoms with van der Waals surface area (Å²) in [7, 11) is 1.64. The molecule has 8 nitrogen and oxygen atoms in total. The van der Waals surface area contributed by atoms with Crippen LogP contribution in [-0.4, -0.2) is 45.5 Å². The fourth-order valence-corrected chi connectivity index (χ4v) is 4.11. The van der Waals surface area contributed by atoms with E-state index in [2.05, 4.69) is 16.5 Å². The molecular weight excluding hydrogens is 473 g/mol. The Balaban J connectivity index is 1.70. The normalized spacial score (nSPS) is 10.9. The van der Waals surface area contributed by atoms with Crippen molar-refractivity contribution >= 4 is 22.5 Å². The van der Waals surface area contributed by atoms with Crippen LogP contribution in [0, 0.1) is 5.82 Å². The molecule has 0 unspecified atom stereocenters. The number of hydrogen-bond donors (Lipinski definition) is 1. The van der Waals surface area contributed by atoms with Gasteiger partial charge in [0, 0.05) is 24.5 Å². The number of pyridine rings is 1. The Morgan fingerprint density at radius 1 is 1.24 bits per heavy atom. The molecule has 0 bridgehead atoms. The molecular formula is C28H28FN5O3. The van der Waals surface area contributed by atoms with Gasteiger partial charge >= 0.3 is 0 Å². The quantitative estimate of drug-likeness (QED) is 0.346. The summed E-state index contributed by atoms with van der Waals surface area (Å²) < 4.78 is 22.2. The molecule has 0 radical (unpaired) electrons. The Hall–Kier alpha value is -4.53. The molecule has 190 valence electrons. The number of aromatic nitrogens is 3. The van der Waals surface area contributed by atoms with Gasteiger partial charge in [-0.05, 0) is 47.7 Å². The van der Waals surface area contributed by atoms with E-state index in [4.69, 9.17) is 10.5 Å². The number of aryl methyl sites for hydroxylation is 1. The molecule has 2 heterocycles. The lowest BCUT2D eigenvalue weighted by molar-refractivity contribution is -0.125. The molecule has 0 saturated carbocycles. The van der Waals surface area contributed by atoms with Gasteiger partial charge in [-0.3, -0.25) is 14.2 Å². The van der Waals surface area contributed by atoms with Crippen molar-refractivity contribution in [1.29, 1.82) is 0 Å². The minimum absolute atomic E-state index is 0.0428. The number of nitrogens with two attached hydrogens (primary N) is 1. The zero-order valence-corrected chi connectivity index (χ0v) is 20.8. The van der Waals surface area contributed by atoms with E-state index in [1.807, 2.05) is 13.0 Å². The molecule has 0 atom stereocenters. The van der Waals surface area contributed by atoms with Gasteiger partial charge in [0.2, 0.25) is 5.91 Å². The Morgan fingerprint density at radius 3 is 2.81 bits per heavy atom. The Morgan fingerprint density at radius 2 is 2.05 bits per heavy atom. The molecule has 0 saturated heterocycles. The van der Waals surface area contributed by atoms with Crippen molar-refractivity contribution in [1.82, 2.24) is 19.4 Å². The molecule has 4 aromatic rings. The van der Waals surface area contributed by atoms with E-state index in [0.717, 1.165) is 18.4 Å². The van der Waals surface area contributed by atoms with Crippen LogP contribution in [-0.2, 0) is 11.2 Å². The SMILES string of the molecule is C=CC(=O)N(C)CCOc1c(N)ncnc1-c1cccc(-n2ccc3cc(CCC)cc(F)c3c2=O)c1. The van der Waals surface area contributed by atoms with E-state index in [-0.39, 0.29) is 29.5 Å². The average molecular weight is 502 g/mol. The molecule has 4 rings (SSSR count). The third-order valence-corrected chi connectivity index (χ3v) is 6.01. The van der Waals surface area contributed by atoms with Crippen LogP contribution in [0.4, 0.5) is 10.2 Å². The lowest BCUT2D eigenvalue weighted by Gasteiger charge is -2.17. The fraction of sp³-hybridized carbons (Fsp3) is 0.214. The number of amides is 1. The molecule has 2 N–H and O–H groups in total. The first kappa shape index (κ1) is 25.6. The summed E-state index contributed by atoms with van der Waals surface area (Å²) in [6.07, 6.45) is 5.81. The van der Waals surface area contributed by atoms with E-state index < -0.39 is 11.4 Å². The second kappa shape index (κ2) is 11.0. The molecule has 1 amide bonds. The number of anilines is 1. The van der Waals surface area contributed by atoms with Gasteiger partial charge < -0.3 is 15.4 Å². The number of hydrogen-bond acceptors (Lipinski definition) is 6. The van der Waals surface area contributed by atoms with E-state index in [0.29, 0.717) is 28.9 Å². The Kier molecular flexibility index (Phi) is 7.62. The lowest BCUT2D eigenvalue weighted by Crippen LogP contribution is -2.29. The molecule has 9 heteroatoms. The van der Waals surface area contributed by atoms with Crippen molar-refractivity contribution in [2.24, 2.45) is 0 Å². The van der Waals surface area contributed by atoms with Gasteiger partial charge in [-0.1, -0.05) is 38.1 Å². The van der Waals surface area contributed by atoms with Crippen LogP contribution < -0.4 is 16.0 Å². The van der Waals surface area contributed by atoms with Crippen LogP contribution in [0.1, 0.15) is 18.9 Å². The maximum Gasteiger partial charge on any atom is 0.265 e. The van der Waals surface area contributed by atoms with Crippen molar-refractivity contribution in [3.63, 3.8) is 0 Å². The van der Waals surface area contributed by atoms with Crippen LogP contribution in [0.2, 0.25) is 0 Å². The zero-order valence-electron chi connectivity index (χ0n) is 20.8. The van der Waals surface area contributed by atoms with Gasteiger partial charge in [-0.15, -0.1) is 0 Å². The largest absolute Gasteiger partial charge is 0.486 e. The number of ether oxygens (including phenoxy) is 1. The molecule has 2 aromatic heterocycles. The van der Waals surface area contributed by atoms with Crippen molar-refractivity contribution in [2.45, 2.75) is 19.8 Å². The van der Waals surface area contributed by atoms with Gasteiger partial charge in [-0.2, -0.15) is 0 Å². The number of benzene rings is 2. The smallest absolute Gasteiger partial charge is 0.265 e. The zero-order chi connectivity index (χ0) is 26.5. The maximum absolute atomic E-state index is 14.9. The predicted octanol–water partition coefficient (Wildman–Crippen LogP) is 4.14. The average Bonchev–Trinajstić information content (AvgIpc) is 2.89. The van der Waals surface area contributed by atoms with E-state index in [1.165, 1.54) is 27.9 Å². The Labute approximate surface area is 213 Å². The highest BCUT2D eigenvalue weighted by atomic mass is 19.1. The van der Waals surface area contributed by atoms with E-state index in [1.54, 1.807) is 43.6 Å². The van der Waals surface area contributed by atoms with Crippen LogP contribution in [0.15, 0.2) is 72.4 Å². The van der Waals surface area contributed by atoms with E-state index in [9.17, 15) is 14.0 Å². The summed E-state index contributed by atoms with van der Waals surface area (Å²) in [6.45, 7) is 5.95. The first-order valence-electron chi connectivity index (χ1n) is 11.9. The third-order valence-electron chi connectivity index (χ3n) is 6.01. The topological polar surface area (TPSA) is 103 Å². The van der Waals surface area contributed by atoms with E-state index >= 15 is 0 Å². The summed E-state index contributed by atoms with van der Waals surface area (Å²) in [5.74, 6) is -0.358. The number of carbonyl (C=O) groups excluding carboxylic acids is 1. The number of halogens is 1. The van der Waals surface area contributed by atoms with Crippen LogP contribution in [0.3, 0.4) is 0 Å². The summed E-state index contributed by atoms with van der Waals surface area (Å²) in [5.41, 5.74) is 8.07. The minimum atomic E-state index is -0.532. The van der Waals surface area contributed by atoms with Gasteiger partial charge in [-0.25, -0.2) is 14.4 Å². The highest BCUT2D eigenvalue weighted by Crippen LogP contribution is 2.32. The van der Waals surface area contributed by atoms with Crippen molar-refractivity contribution in [3.05, 3.63) is 89.4 Å². The minimum Gasteiger partial charge on any atom is -0.486 e. The number of carbonyl (C=O) groups is 1. The van der Waals surface area contributed by atoms with Crippen LogP contribution in [0.5, 0.6) is 5.75 Å². The summed E-state index contributed by atoms with van der Waals surface area (Å²) >= 11 is 0. The molecule has 2 aromatic carbocycles. The molecule has 0 aliphatic heterocycles. The van der Waals surface area contributed by atoms with Gasteiger partial charge in [0.05, 0.1) is 11.9 Å². The third kappa shape index (κ3) is 5.35. The summed E-state index contributed by atoms with van der Waals surface area (Å²) in [6, 6.07) is 12.1. The lowest BCUT2D eigenvalue weighted by atomic mass is 10.0. The predicted molar refractivity (Wildman–Crippen MR) is 142 cm³/mol. The first-order valence-corrected chi connectivity index (χ1v) is 11.9. The van der Waals surface area contributed by atoms with Gasteiger partial charge in [0.25, 0.3) is 5.56 Å². The van der Waals surface area contributed by atoms with Crippen LogP contribution >= 0.6 is 0 Å². The highest BCUT2D eigenvalue weighted by Gasteiger charge is 2.16. The number of nitrogens with zero attached hydrogens (tertiary/aromatic N) is 4. The molecule has 0 fully saturated rings. The first-order chi connectivity index (χ1) is 17.8. The summed E-state index contributed by atoms with van der Waals surface area (Å²) in [5, 5.41) is 0.612. The summed E-state index contributed by atoms with van der Waals surface area (Å²) in [4.78, 5) is 34.8. The van der Waals surface area contributed by atoms with Crippen molar-refractivity contribution in [3.8, 4) is 22.7 Å². The molecule has 0 aliphatic carbocycles. The Bertz CT molecular complexity index is 1530. The maximum atomic E-state index is 14.9. The molecule has 37 heavy (non-hydrogen) atoms. The fourth-order valence-electron chi connectivity index (χ4n) is 4.11. The highest BCUT2D eigenvalue weighted by molar-refractivity contribution is 5.86. The number of likely N-dealkylation sites (N-methyl/N-ethyl adjacent to an activating group) is 1. The van der Waals surface area contributed by atoms with Crippen LogP contribution in [0.25, 0.3) is 27.7 Å². The monoisotopic (exact) mass is 501 g/mol. The van der Waals surface area contributed by atoms with Crippen molar-refractivity contribution in [2.75, 3.05) is 25.9 Å². The second-order valence-electron chi connectivity index (χ2n) is 8.58. The second-order valence-corrected chi connectivity index (χ2v) is 8.58. The number of fused-ring (bicyclic) bond motifs is 1. The molecule has 0 spiro atoms.